The smallest absolute Gasteiger partial charge is 0.248 e. The number of hydrogen-bond acceptors (Lipinski definition) is 4. The number of halogens is 1. The van der Waals surface area contributed by atoms with Gasteiger partial charge in [-0.25, -0.2) is 8.42 Å². The van der Waals surface area contributed by atoms with Crippen molar-refractivity contribution in [2.45, 2.75) is 31.6 Å². The fourth-order valence-corrected chi connectivity index (χ4v) is 7.15. The monoisotopic (exact) mass is 386 g/mol. The fourth-order valence-electron chi connectivity index (χ4n) is 2.99. The molecule has 0 radical (unpaired) electrons. The summed E-state index contributed by atoms with van der Waals surface area (Å²) in [5.41, 5.74) is 0.701. The number of nitrogens with zero attached hydrogens (tertiary/aromatic N) is 2. The summed E-state index contributed by atoms with van der Waals surface area (Å²) < 4.78 is 24.0. The zero-order valence-electron chi connectivity index (χ0n) is 13.5. The highest BCUT2D eigenvalue weighted by atomic mass is 35.5. The molecule has 0 aliphatic carbocycles. The fraction of sp³-hybridized carbons (Fsp3) is 0.500. The molecule has 0 unspecified atom stereocenters. The van der Waals surface area contributed by atoms with E-state index >= 15 is 0 Å². The van der Waals surface area contributed by atoms with Crippen molar-refractivity contribution in [1.29, 1.82) is 0 Å². The van der Waals surface area contributed by atoms with E-state index in [0.29, 0.717) is 22.3 Å². The summed E-state index contributed by atoms with van der Waals surface area (Å²) in [6.45, 7) is 3.93. The molecule has 0 spiro atoms. The van der Waals surface area contributed by atoms with Gasteiger partial charge in [-0.1, -0.05) is 49.3 Å². The van der Waals surface area contributed by atoms with E-state index in [2.05, 4.69) is 4.99 Å². The van der Waals surface area contributed by atoms with Gasteiger partial charge in [-0.15, -0.1) is 0 Å². The lowest BCUT2D eigenvalue weighted by Crippen LogP contribution is -2.37. The molecule has 2 aliphatic rings. The Morgan fingerprint density at radius 2 is 2.08 bits per heavy atom. The maximum absolute atomic E-state index is 12.1. The van der Waals surface area contributed by atoms with E-state index in [1.807, 2.05) is 36.9 Å². The highest BCUT2D eigenvalue weighted by Gasteiger charge is 2.49. The predicted molar refractivity (Wildman–Crippen MR) is 99.6 cm³/mol. The van der Waals surface area contributed by atoms with Crippen molar-refractivity contribution in [1.82, 2.24) is 0 Å². The molecule has 0 aromatic heterocycles. The SMILES string of the molecule is CC(C)CC(=O)N=C1S[C@@H]2CS(=O)(=O)C[C@@H]2N1c1ccccc1Cl. The van der Waals surface area contributed by atoms with Gasteiger partial charge in [0.1, 0.15) is 0 Å². The van der Waals surface area contributed by atoms with Gasteiger partial charge < -0.3 is 4.90 Å². The first-order chi connectivity index (χ1) is 11.3. The number of amides is 1. The van der Waals surface area contributed by atoms with Gasteiger partial charge in [0.15, 0.2) is 15.0 Å². The largest absolute Gasteiger partial charge is 0.314 e. The number of hydrogen-bond donors (Lipinski definition) is 0. The summed E-state index contributed by atoms with van der Waals surface area (Å²) in [4.78, 5) is 18.2. The van der Waals surface area contributed by atoms with E-state index in [-0.39, 0.29) is 34.6 Å². The number of para-hydroxylation sites is 1. The molecule has 1 aromatic carbocycles. The molecule has 2 fully saturated rings. The van der Waals surface area contributed by atoms with E-state index in [1.165, 1.54) is 11.8 Å². The third-order valence-corrected chi connectivity index (χ3v) is 7.51. The Balaban J connectivity index is 1.99. The first kappa shape index (κ1) is 17.8. The van der Waals surface area contributed by atoms with Crippen LogP contribution in [0.2, 0.25) is 5.02 Å². The molecule has 1 amide bonds. The van der Waals surface area contributed by atoms with Crippen molar-refractivity contribution >= 4 is 50.0 Å². The summed E-state index contributed by atoms with van der Waals surface area (Å²) in [6, 6.07) is 7.02. The van der Waals surface area contributed by atoms with Crippen LogP contribution in [0.1, 0.15) is 20.3 Å². The van der Waals surface area contributed by atoms with Gasteiger partial charge in [0.25, 0.3) is 0 Å². The van der Waals surface area contributed by atoms with Crippen molar-refractivity contribution in [3.63, 3.8) is 0 Å². The molecule has 2 saturated heterocycles. The number of carbonyl (C=O) groups is 1. The molecule has 0 N–H and O–H groups in total. The molecule has 2 heterocycles. The lowest BCUT2D eigenvalue weighted by Gasteiger charge is -2.25. The molecule has 0 bridgehead atoms. The zero-order valence-corrected chi connectivity index (χ0v) is 15.9. The highest BCUT2D eigenvalue weighted by molar-refractivity contribution is 8.16. The third kappa shape index (κ3) is 3.63. The van der Waals surface area contributed by atoms with Gasteiger partial charge in [-0.2, -0.15) is 4.99 Å². The van der Waals surface area contributed by atoms with Crippen molar-refractivity contribution in [2.24, 2.45) is 10.9 Å². The second kappa shape index (κ2) is 6.69. The van der Waals surface area contributed by atoms with Crippen molar-refractivity contribution in [3.8, 4) is 0 Å². The van der Waals surface area contributed by atoms with Crippen molar-refractivity contribution < 1.29 is 13.2 Å². The molecular formula is C16H19ClN2O3S2. The number of benzene rings is 1. The Bertz CT molecular complexity index is 792. The van der Waals surface area contributed by atoms with Crippen LogP contribution in [0.5, 0.6) is 0 Å². The van der Waals surface area contributed by atoms with Gasteiger partial charge in [0.05, 0.1) is 28.3 Å². The van der Waals surface area contributed by atoms with E-state index < -0.39 is 9.84 Å². The standard InChI is InChI=1S/C16H19ClN2O3S2/c1-10(2)7-15(20)18-16-19(12-6-4-3-5-11(12)17)13-8-24(21,22)9-14(13)23-16/h3-6,10,13-14H,7-9H2,1-2H3/t13-,14+/m0/s1. The first-order valence-corrected chi connectivity index (χ1v) is 10.9. The normalized spacial score (nSPS) is 27.0. The van der Waals surface area contributed by atoms with Crippen LogP contribution in [-0.2, 0) is 14.6 Å². The highest BCUT2D eigenvalue weighted by Crippen LogP contribution is 2.42. The number of amidine groups is 1. The quantitative estimate of drug-likeness (QED) is 0.798. The number of fused-ring (bicyclic) bond motifs is 1. The second-order valence-electron chi connectivity index (χ2n) is 6.51. The average molecular weight is 387 g/mol. The van der Waals surface area contributed by atoms with E-state index in [9.17, 15) is 13.2 Å². The van der Waals surface area contributed by atoms with Crippen molar-refractivity contribution in [3.05, 3.63) is 29.3 Å². The molecule has 24 heavy (non-hydrogen) atoms. The molecule has 5 nitrogen and oxygen atoms in total. The molecular weight excluding hydrogens is 368 g/mol. The Kier molecular flexibility index (Phi) is 4.95. The van der Waals surface area contributed by atoms with Crippen LogP contribution in [0.15, 0.2) is 29.3 Å². The minimum absolute atomic E-state index is 0.0628. The number of thioether (sulfide) groups is 1. The Morgan fingerprint density at radius 3 is 2.75 bits per heavy atom. The van der Waals surface area contributed by atoms with Gasteiger partial charge in [0, 0.05) is 11.7 Å². The maximum atomic E-state index is 12.1. The minimum atomic E-state index is -3.08. The van der Waals surface area contributed by atoms with Gasteiger partial charge in [0.2, 0.25) is 5.91 Å². The Morgan fingerprint density at radius 1 is 1.38 bits per heavy atom. The zero-order chi connectivity index (χ0) is 17.5. The number of rotatable bonds is 3. The van der Waals surface area contributed by atoms with Crippen LogP contribution < -0.4 is 4.90 Å². The number of carbonyl (C=O) groups excluding carboxylic acids is 1. The summed E-state index contributed by atoms with van der Waals surface area (Å²) in [6.07, 6.45) is 0.369. The van der Waals surface area contributed by atoms with E-state index in [1.54, 1.807) is 6.07 Å². The van der Waals surface area contributed by atoms with E-state index in [0.717, 1.165) is 0 Å². The van der Waals surface area contributed by atoms with Crippen LogP contribution in [0.4, 0.5) is 5.69 Å². The lowest BCUT2D eigenvalue weighted by molar-refractivity contribution is -0.118. The second-order valence-corrected chi connectivity index (χ2v) is 10.3. The van der Waals surface area contributed by atoms with Crippen LogP contribution in [0.25, 0.3) is 0 Å². The molecule has 1 aromatic rings. The summed E-state index contributed by atoms with van der Waals surface area (Å²) in [7, 11) is -3.08. The average Bonchev–Trinajstić information content (AvgIpc) is 2.90. The molecule has 8 heteroatoms. The summed E-state index contributed by atoms with van der Waals surface area (Å²) in [5.74, 6) is 0.211. The van der Waals surface area contributed by atoms with Crippen LogP contribution >= 0.6 is 23.4 Å². The van der Waals surface area contributed by atoms with Gasteiger partial charge >= 0.3 is 0 Å². The molecule has 3 rings (SSSR count). The summed E-state index contributed by atoms with van der Waals surface area (Å²) in [5, 5.41) is 0.961. The van der Waals surface area contributed by atoms with Gasteiger partial charge in [-0.3, -0.25) is 4.79 Å². The number of sulfone groups is 1. The van der Waals surface area contributed by atoms with Crippen LogP contribution in [0.3, 0.4) is 0 Å². The number of anilines is 1. The maximum Gasteiger partial charge on any atom is 0.248 e. The Hall–Kier alpha value is -1.05. The van der Waals surface area contributed by atoms with Gasteiger partial charge in [-0.05, 0) is 18.1 Å². The molecule has 0 saturated carbocycles. The Labute approximate surface area is 151 Å². The van der Waals surface area contributed by atoms with Crippen molar-refractivity contribution in [2.75, 3.05) is 16.4 Å². The first-order valence-electron chi connectivity index (χ1n) is 7.79. The predicted octanol–water partition coefficient (Wildman–Crippen LogP) is 2.99. The lowest BCUT2D eigenvalue weighted by atomic mass is 10.1. The number of aliphatic imine (C=N–C) groups is 1. The molecule has 2 aliphatic heterocycles. The molecule has 130 valence electrons. The van der Waals surface area contributed by atoms with Crippen LogP contribution in [0, 0.1) is 5.92 Å². The topological polar surface area (TPSA) is 66.8 Å². The summed E-state index contributed by atoms with van der Waals surface area (Å²) >= 11 is 7.68. The third-order valence-electron chi connectivity index (χ3n) is 3.98. The molecule has 2 atom stereocenters. The minimum Gasteiger partial charge on any atom is -0.314 e. The van der Waals surface area contributed by atoms with E-state index in [4.69, 9.17) is 11.6 Å². The van der Waals surface area contributed by atoms with Crippen LogP contribution in [-0.4, -0.2) is 42.3 Å².